The first-order chi connectivity index (χ1) is 9.54. The molecule has 0 aromatic heterocycles. The highest BCUT2D eigenvalue weighted by atomic mass is 35.5. The monoisotopic (exact) mass is 284 g/mol. The highest BCUT2D eigenvalue weighted by molar-refractivity contribution is 6.35. The Balaban J connectivity index is 2.36. The fourth-order valence-electron chi connectivity index (χ4n) is 1.93. The number of nitriles is 1. The van der Waals surface area contributed by atoms with Gasteiger partial charge in [-0.05, 0) is 37.1 Å². The first-order valence-corrected chi connectivity index (χ1v) is 6.48. The number of carbonyl (C=O) groups is 1. The molecule has 0 aliphatic carbocycles. The van der Waals surface area contributed by atoms with Crippen LogP contribution in [0.3, 0.4) is 0 Å². The van der Waals surface area contributed by atoms with Crippen molar-refractivity contribution in [3.8, 4) is 6.07 Å². The third-order valence-corrected chi connectivity index (χ3v) is 3.57. The van der Waals surface area contributed by atoms with Gasteiger partial charge in [-0.3, -0.25) is 4.79 Å². The van der Waals surface area contributed by atoms with Gasteiger partial charge in [-0.1, -0.05) is 35.9 Å². The predicted molar refractivity (Wildman–Crippen MR) is 80.0 cm³/mol. The Hall–Kier alpha value is -2.31. The zero-order valence-electron chi connectivity index (χ0n) is 11.2. The van der Waals surface area contributed by atoms with Gasteiger partial charge in [0.15, 0.2) is 0 Å². The van der Waals surface area contributed by atoms with Crippen molar-refractivity contribution in [3.05, 3.63) is 63.7 Å². The number of benzene rings is 2. The second kappa shape index (κ2) is 5.77. The van der Waals surface area contributed by atoms with Crippen molar-refractivity contribution in [1.29, 1.82) is 5.26 Å². The highest BCUT2D eigenvalue weighted by Gasteiger charge is 2.14. The normalized spacial score (nSPS) is 9.90. The lowest BCUT2D eigenvalue weighted by molar-refractivity contribution is 0.102. The van der Waals surface area contributed by atoms with Crippen LogP contribution in [0, 0.1) is 25.2 Å². The summed E-state index contributed by atoms with van der Waals surface area (Å²) in [5.41, 5.74) is 3.02. The van der Waals surface area contributed by atoms with Gasteiger partial charge in [0.1, 0.15) is 6.07 Å². The van der Waals surface area contributed by atoms with Crippen LogP contribution in [0.5, 0.6) is 0 Å². The molecule has 0 saturated carbocycles. The third-order valence-electron chi connectivity index (χ3n) is 3.07. The fourth-order valence-corrected chi connectivity index (χ4v) is 2.14. The van der Waals surface area contributed by atoms with E-state index in [1.165, 1.54) is 0 Å². The van der Waals surface area contributed by atoms with E-state index in [-0.39, 0.29) is 5.91 Å². The summed E-state index contributed by atoms with van der Waals surface area (Å²) >= 11 is 6.13. The minimum atomic E-state index is -0.319. The molecule has 1 amide bonds. The number of hydrogen-bond donors (Lipinski definition) is 1. The Bertz CT molecular complexity index is 717. The average molecular weight is 285 g/mol. The summed E-state index contributed by atoms with van der Waals surface area (Å²) in [5.74, 6) is -0.319. The van der Waals surface area contributed by atoms with E-state index in [1.807, 2.05) is 26.0 Å². The molecule has 2 aromatic carbocycles. The molecular formula is C16H13ClN2O. The summed E-state index contributed by atoms with van der Waals surface area (Å²) in [6.45, 7) is 3.67. The molecule has 0 radical (unpaired) electrons. The van der Waals surface area contributed by atoms with Crippen LogP contribution in [0.2, 0.25) is 5.02 Å². The first-order valence-electron chi connectivity index (χ1n) is 6.10. The maximum Gasteiger partial charge on any atom is 0.257 e. The number of amides is 1. The molecule has 20 heavy (non-hydrogen) atoms. The van der Waals surface area contributed by atoms with Crippen molar-refractivity contribution in [2.45, 2.75) is 13.8 Å². The number of nitrogens with zero attached hydrogens (tertiary/aromatic N) is 1. The fraction of sp³-hybridized carbons (Fsp3) is 0.125. The van der Waals surface area contributed by atoms with Crippen LogP contribution in [-0.4, -0.2) is 5.91 Å². The lowest BCUT2D eigenvalue weighted by Crippen LogP contribution is -2.14. The van der Waals surface area contributed by atoms with Crippen LogP contribution in [-0.2, 0) is 0 Å². The first kappa shape index (κ1) is 14.1. The molecule has 0 atom stereocenters. The largest absolute Gasteiger partial charge is 0.321 e. The van der Waals surface area contributed by atoms with Crippen LogP contribution in [0.15, 0.2) is 36.4 Å². The number of halogens is 1. The number of nitrogens with one attached hydrogen (secondary N) is 1. The van der Waals surface area contributed by atoms with Gasteiger partial charge >= 0.3 is 0 Å². The SMILES string of the molecule is Cc1cccc(C(=O)Nc2cccc(C)c2C#N)c1Cl. The maximum absolute atomic E-state index is 12.3. The molecule has 4 heteroatoms. The Morgan fingerprint density at radius 2 is 1.80 bits per heavy atom. The third kappa shape index (κ3) is 2.66. The standard InChI is InChI=1S/C16H13ClN2O/c1-10-5-4-8-14(13(10)9-18)19-16(20)12-7-3-6-11(2)15(12)17/h3-8H,1-2H3,(H,19,20). The minimum absolute atomic E-state index is 0.319. The molecule has 0 aliphatic rings. The van der Waals surface area contributed by atoms with Crippen molar-refractivity contribution >= 4 is 23.2 Å². The molecule has 0 bridgehead atoms. The topological polar surface area (TPSA) is 52.9 Å². The molecule has 1 N–H and O–H groups in total. The van der Waals surface area contributed by atoms with Gasteiger partial charge in [0.25, 0.3) is 5.91 Å². The smallest absolute Gasteiger partial charge is 0.257 e. The van der Waals surface area contributed by atoms with Crippen molar-refractivity contribution in [2.24, 2.45) is 0 Å². The molecule has 0 heterocycles. The van der Waals surface area contributed by atoms with Crippen LogP contribution in [0.1, 0.15) is 27.0 Å². The minimum Gasteiger partial charge on any atom is -0.321 e. The van der Waals surface area contributed by atoms with Crippen molar-refractivity contribution < 1.29 is 4.79 Å². The number of rotatable bonds is 2. The Morgan fingerprint density at radius 3 is 2.50 bits per heavy atom. The summed E-state index contributed by atoms with van der Waals surface area (Å²) in [6.07, 6.45) is 0. The Kier molecular flexibility index (Phi) is 4.07. The van der Waals surface area contributed by atoms with Gasteiger partial charge in [-0.2, -0.15) is 5.26 Å². The van der Waals surface area contributed by atoms with Gasteiger partial charge in [0.05, 0.1) is 21.8 Å². The molecule has 2 rings (SSSR count). The van der Waals surface area contributed by atoms with E-state index >= 15 is 0 Å². The number of anilines is 1. The predicted octanol–water partition coefficient (Wildman–Crippen LogP) is 4.08. The van der Waals surface area contributed by atoms with E-state index in [4.69, 9.17) is 16.9 Å². The molecule has 0 spiro atoms. The molecule has 0 unspecified atom stereocenters. The van der Waals surface area contributed by atoms with E-state index in [9.17, 15) is 4.79 Å². The number of hydrogen-bond acceptors (Lipinski definition) is 2. The second-order valence-corrected chi connectivity index (χ2v) is 4.88. The summed E-state index contributed by atoms with van der Waals surface area (Å²) in [4.78, 5) is 12.3. The Labute approximate surface area is 122 Å². The summed E-state index contributed by atoms with van der Waals surface area (Å²) < 4.78 is 0. The maximum atomic E-state index is 12.3. The van der Waals surface area contributed by atoms with E-state index in [1.54, 1.807) is 24.3 Å². The van der Waals surface area contributed by atoms with Crippen LogP contribution in [0.4, 0.5) is 5.69 Å². The molecule has 0 fully saturated rings. The molecule has 100 valence electrons. The van der Waals surface area contributed by atoms with Crippen molar-refractivity contribution in [2.75, 3.05) is 5.32 Å². The molecule has 2 aromatic rings. The van der Waals surface area contributed by atoms with Gasteiger partial charge in [0.2, 0.25) is 0 Å². The van der Waals surface area contributed by atoms with E-state index < -0.39 is 0 Å². The zero-order chi connectivity index (χ0) is 14.7. The van der Waals surface area contributed by atoms with Crippen LogP contribution in [0.25, 0.3) is 0 Å². The summed E-state index contributed by atoms with van der Waals surface area (Å²) in [6, 6.07) is 12.7. The Morgan fingerprint density at radius 1 is 1.15 bits per heavy atom. The lowest BCUT2D eigenvalue weighted by atomic mass is 10.1. The van der Waals surface area contributed by atoms with Gasteiger partial charge < -0.3 is 5.32 Å². The molecule has 3 nitrogen and oxygen atoms in total. The zero-order valence-corrected chi connectivity index (χ0v) is 12.0. The molecule has 0 aliphatic heterocycles. The average Bonchev–Trinajstić information content (AvgIpc) is 2.42. The van der Waals surface area contributed by atoms with Gasteiger partial charge in [0, 0.05) is 0 Å². The molecular weight excluding hydrogens is 272 g/mol. The summed E-state index contributed by atoms with van der Waals surface area (Å²) in [7, 11) is 0. The van der Waals surface area contributed by atoms with Crippen molar-refractivity contribution in [3.63, 3.8) is 0 Å². The van der Waals surface area contributed by atoms with E-state index in [0.717, 1.165) is 11.1 Å². The second-order valence-electron chi connectivity index (χ2n) is 4.50. The number of aryl methyl sites for hydroxylation is 2. The van der Waals surface area contributed by atoms with Crippen LogP contribution >= 0.6 is 11.6 Å². The quantitative estimate of drug-likeness (QED) is 0.903. The van der Waals surface area contributed by atoms with Crippen LogP contribution < -0.4 is 5.32 Å². The van der Waals surface area contributed by atoms with Crippen molar-refractivity contribution in [1.82, 2.24) is 0 Å². The summed E-state index contributed by atoms with van der Waals surface area (Å²) in [5, 5.41) is 12.3. The molecule has 0 saturated heterocycles. The van der Waals surface area contributed by atoms with Gasteiger partial charge in [-0.25, -0.2) is 0 Å². The lowest BCUT2D eigenvalue weighted by Gasteiger charge is -2.10. The highest BCUT2D eigenvalue weighted by Crippen LogP contribution is 2.23. The van der Waals surface area contributed by atoms with Gasteiger partial charge in [-0.15, -0.1) is 0 Å². The van der Waals surface area contributed by atoms with E-state index in [2.05, 4.69) is 11.4 Å². The number of carbonyl (C=O) groups excluding carboxylic acids is 1. The van der Waals surface area contributed by atoms with E-state index in [0.29, 0.717) is 21.8 Å².